The molecule has 3 aliphatic heterocycles. The lowest BCUT2D eigenvalue weighted by molar-refractivity contribution is -0.302. The number of ketones is 2. The van der Waals surface area contributed by atoms with E-state index in [9.17, 15) is 29.4 Å². The molecule has 4 rings (SSSR count). The second kappa shape index (κ2) is 19.2. The van der Waals surface area contributed by atoms with Crippen LogP contribution in [0.2, 0.25) is 0 Å². The Labute approximate surface area is 316 Å². The summed E-state index contributed by atoms with van der Waals surface area (Å²) in [5, 5.41) is 23.6. The quantitative estimate of drug-likeness (QED) is 0.206. The van der Waals surface area contributed by atoms with Crippen LogP contribution in [-0.2, 0) is 38.1 Å². The Bertz CT molecular complexity index is 1390. The summed E-state index contributed by atoms with van der Waals surface area (Å²) in [6, 6.07) is -1.08. The van der Waals surface area contributed by atoms with E-state index in [0.717, 1.165) is 30.4 Å². The fourth-order valence-electron chi connectivity index (χ4n) is 8.81. The number of fused-ring (bicyclic) bond motifs is 3. The number of carbonyl (C=O) groups excluding carboxylic acids is 4. The molecule has 3 heterocycles. The van der Waals surface area contributed by atoms with Crippen LogP contribution in [0.4, 0.5) is 0 Å². The molecule has 0 radical (unpaired) electrons. The van der Waals surface area contributed by atoms with Gasteiger partial charge in [0, 0.05) is 44.9 Å². The van der Waals surface area contributed by atoms with E-state index in [2.05, 4.69) is 25.2 Å². The molecule has 2 fully saturated rings. The van der Waals surface area contributed by atoms with Gasteiger partial charge in [-0.2, -0.15) is 0 Å². The average Bonchev–Trinajstić information content (AvgIpc) is 3.14. The maximum atomic E-state index is 14.2. The highest BCUT2D eigenvalue weighted by molar-refractivity contribution is 6.39. The van der Waals surface area contributed by atoms with Crippen LogP contribution in [0.25, 0.3) is 0 Å². The standard InChI is InChI=1S/C42H65NO10/c1-9-31-20-25(2)19-26(3)21-35(50-7)38-36(51-8)23-28(5)42(49,53-38)39(46)40(47)43-18-14-13-17-32(43)41(48)52-37(29(6)33(44)24-34(31)45)27(4)22-30-15-11-10-12-16-30/h10-11,20,22,26,28-33,35-38,44,49H,9,12-19,21,23-24H2,1-8H3. The number of esters is 1. The van der Waals surface area contributed by atoms with E-state index < -0.39 is 77.8 Å². The molecule has 0 saturated carbocycles. The first kappa shape index (κ1) is 43.0. The highest BCUT2D eigenvalue weighted by Gasteiger charge is 2.56. The van der Waals surface area contributed by atoms with E-state index in [-0.39, 0.29) is 43.4 Å². The van der Waals surface area contributed by atoms with Crippen molar-refractivity contribution >= 4 is 23.4 Å². The van der Waals surface area contributed by atoms with Gasteiger partial charge in [-0.3, -0.25) is 14.4 Å². The maximum Gasteiger partial charge on any atom is 0.329 e. The summed E-state index contributed by atoms with van der Waals surface area (Å²) < 4.78 is 24.2. The van der Waals surface area contributed by atoms with Crippen LogP contribution in [0, 0.1) is 29.6 Å². The molecule has 1 aliphatic carbocycles. The predicted octanol–water partition coefficient (Wildman–Crippen LogP) is 5.65. The Morgan fingerprint density at radius 2 is 1.72 bits per heavy atom. The number of rotatable bonds is 5. The highest BCUT2D eigenvalue weighted by atomic mass is 16.7. The molecule has 1 amide bonds. The van der Waals surface area contributed by atoms with E-state index in [1.165, 1.54) is 4.90 Å². The molecule has 12 atom stereocenters. The third-order valence-electron chi connectivity index (χ3n) is 12.1. The zero-order chi connectivity index (χ0) is 39.0. The van der Waals surface area contributed by atoms with Crippen LogP contribution in [0.15, 0.2) is 35.5 Å². The number of ether oxygens (including phenoxy) is 4. The van der Waals surface area contributed by atoms with E-state index in [0.29, 0.717) is 32.1 Å². The Balaban J connectivity index is 1.76. The summed E-state index contributed by atoms with van der Waals surface area (Å²) in [5.41, 5.74) is 1.78. The number of allylic oxidation sites excluding steroid dienone is 5. The molecule has 12 unspecified atom stereocenters. The fraction of sp³-hybridized carbons (Fsp3) is 0.762. The lowest BCUT2D eigenvalue weighted by Crippen LogP contribution is -2.64. The molecule has 53 heavy (non-hydrogen) atoms. The number of hydrogen-bond acceptors (Lipinski definition) is 10. The Morgan fingerprint density at radius 3 is 2.36 bits per heavy atom. The Morgan fingerprint density at radius 1 is 1.02 bits per heavy atom. The number of nitrogens with zero attached hydrogens (tertiary/aromatic N) is 1. The van der Waals surface area contributed by atoms with Crippen LogP contribution in [0.5, 0.6) is 0 Å². The van der Waals surface area contributed by atoms with Crippen molar-refractivity contribution in [3.63, 3.8) is 0 Å². The molecule has 298 valence electrons. The second-order valence-corrected chi connectivity index (χ2v) is 16.3. The summed E-state index contributed by atoms with van der Waals surface area (Å²) >= 11 is 0. The SMILES string of the molecule is CCC1C=C(C)CC(C)CC(OC)C2OC(O)(C(=O)C(=O)N3CCCCC3C(=O)OC(C(C)=CC3CC=CCC3)C(C)C(O)CC1=O)C(C)CC2OC. The molecular formula is C42H65NO10. The first-order valence-electron chi connectivity index (χ1n) is 19.9. The number of hydrogen-bond donors (Lipinski definition) is 2. The van der Waals surface area contributed by atoms with Crippen molar-refractivity contribution in [1.29, 1.82) is 0 Å². The number of piperidine rings is 1. The van der Waals surface area contributed by atoms with Gasteiger partial charge in [0.1, 0.15) is 24.0 Å². The number of amides is 1. The smallest absolute Gasteiger partial charge is 0.329 e. The average molecular weight is 744 g/mol. The van der Waals surface area contributed by atoms with E-state index in [1.807, 2.05) is 26.8 Å². The van der Waals surface area contributed by atoms with Gasteiger partial charge in [-0.05, 0) is 95.5 Å². The number of aliphatic hydroxyl groups is 2. The van der Waals surface area contributed by atoms with E-state index in [4.69, 9.17) is 18.9 Å². The number of methoxy groups -OCH3 is 2. The second-order valence-electron chi connectivity index (χ2n) is 16.3. The fourth-order valence-corrected chi connectivity index (χ4v) is 8.81. The summed E-state index contributed by atoms with van der Waals surface area (Å²) in [6.45, 7) is 11.4. The van der Waals surface area contributed by atoms with E-state index in [1.54, 1.807) is 28.1 Å². The summed E-state index contributed by atoms with van der Waals surface area (Å²) in [5.74, 6) is -6.93. The molecule has 11 nitrogen and oxygen atoms in total. The van der Waals surface area contributed by atoms with Gasteiger partial charge in [-0.1, -0.05) is 57.6 Å². The number of cyclic esters (lactones) is 1. The zero-order valence-electron chi connectivity index (χ0n) is 33.3. The third kappa shape index (κ3) is 10.3. The molecule has 0 spiro atoms. The van der Waals surface area contributed by atoms with Crippen LogP contribution in [0.1, 0.15) is 112 Å². The summed E-state index contributed by atoms with van der Waals surface area (Å²) in [7, 11) is 3.08. The molecule has 2 bridgehead atoms. The van der Waals surface area contributed by atoms with Crippen molar-refractivity contribution in [1.82, 2.24) is 4.90 Å². The summed E-state index contributed by atoms with van der Waals surface area (Å²) in [6.07, 6.45) is 10.5. The molecule has 2 N–H and O–H groups in total. The minimum Gasteiger partial charge on any atom is -0.456 e. The van der Waals surface area contributed by atoms with Crippen molar-refractivity contribution in [3.05, 3.63) is 35.5 Å². The lowest BCUT2D eigenvalue weighted by Gasteiger charge is -2.47. The Hall–Kier alpha value is -2.70. The third-order valence-corrected chi connectivity index (χ3v) is 12.1. The topological polar surface area (TPSA) is 149 Å². The Kier molecular flexibility index (Phi) is 15.6. The van der Waals surface area contributed by atoms with Crippen molar-refractivity contribution in [2.45, 2.75) is 155 Å². The van der Waals surface area contributed by atoms with Crippen molar-refractivity contribution in [3.8, 4) is 0 Å². The molecule has 0 aromatic rings. The number of aliphatic hydroxyl groups excluding tert-OH is 1. The normalized spacial score (nSPS) is 39.1. The summed E-state index contributed by atoms with van der Waals surface area (Å²) in [4.78, 5) is 57.4. The first-order valence-corrected chi connectivity index (χ1v) is 19.9. The van der Waals surface area contributed by atoms with Crippen molar-refractivity contribution in [2.24, 2.45) is 29.6 Å². The van der Waals surface area contributed by atoms with Gasteiger partial charge in [0.25, 0.3) is 11.7 Å². The van der Waals surface area contributed by atoms with Gasteiger partial charge in [0.15, 0.2) is 0 Å². The van der Waals surface area contributed by atoms with Gasteiger partial charge in [0.05, 0.1) is 18.3 Å². The van der Waals surface area contributed by atoms with E-state index >= 15 is 0 Å². The first-order chi connectivity index (χ1) is 25.1. The van der Waals surface area contributed by atoms with Gasteiger partial charge >= 0.3 is 5.97 Å². The highest BCUT2D eigenvalue weighted by Crippen LogP contribution is 2.39. The predicted molar refractivity (Wildman–Crippen MR) is 200 cm³/mol. The van der Waals surface area contributed by atoms with Crippen LogP contribution in [-0.4, -0.2) is 102 Å². The number of Topliss-reactive ketones (excluding diaryl/α,β-unsaturated/α-hetero) is 2. The van der Waals surface area contributed by atoms with Gasteiger partial charge < -0.3 is 34.1 Å². The molecule has 2 saturated heterocycles. The number of carbonyl (C=O) groups is 4. The zero-order valence-corrected chi connectivity index (χ0v) is 33.3. The minimum absolute atomic E-state index is 0.0573. The van der Waals surface area contributed by atoms with Gasteiger partial charge in [-0.25, -0.2) is 4.79 Å². The largest absolute Gasteiger partial charge is 0.456 e. The lowest BCUT2D eigenvalue weighted by atomic mass is 9.82. The van der Waals surface area contributed by atoms with Crippen LogP contribution >= 0.6 is 0 Å². The van der Waals surface area contributed by atoms with Crippen molar-refractivity contribution < 1.29 is 48.3 Å². The molecule has 0 aromatic heterocycles. The van der Waals surface area contributed by atoms with Gasteiger partial charge in [0.2, 0.25) is 5.79 Å². The van der Waals surface area contributed by atoms with Crippen molar-refractivity contribution in [2.75, 3.05) is 20.8 Å². The monoisotopic (exact) mass is 743 g/mol. The maximum absolute atomic E-state index is 14.2. The molecule has 11 heteroatoms. The molecule has 4 aliphatic rings. The molecule has 0 aromatic carbocycles. The molecular weight excluding hydrogens is 678 g/mol. The minimum atomic E-state index is -2.47. The van der Waals surface area contributed by atoms with Crippen LogP contribution in [0.3, 0.4) is 0 Å². The van der Waals surface area contributed by atoms with Crippen LogP contribution < -0.4 is 0 Å². The van der Waals surface area contributed by atoms with Gasteiger partial charge in [-0.15, -0.1) is 0 Å².